The lowest BCUT2D eigenvalue weighted by Gasteiger charge is -2.40. The number of halogens is 1. The van der Waals surface area contributed by atoms with Crippen molar-refractivity contribution in [1.82, 2.24) is 25.1 Å². The fourth-order valence-corrected chi connectivity index (χ4v) is 7.96. The minimum Gasteiger partial charge on any atom is -0.373 e. The van der Waals surface area contributed by atoms with Crippen molar-refractivity contribution in [2.45, 2.75) is 66.0 Å². The number of rotatable bonds is 5. The molecule has 3 aliphatic rings. The number of aliphatic hydroxyl groups is 1. The van der Waals surface area contributed by atoms with Crippen molar-refractivity contribution in [2.75, 3.05) is 13.1 Å². The Morgan fingerprint density at radius 1 is 1.16 bits per heavy atom. The average Bonchev–Trinajstić information content (AvgIpc) is 3.08. The minimum atomic E-state index is -0.728. The topological polar surface area (TPSA) is 81.6 Å². The summed E-state index contributed by atoms with van der Waals surface area (Å²) in [5.41, 5.74) is 5.03. The van der Waals surface area contributed by atoms with E-state index in [-0.39, 0.29) is 23.2 Å². The lowest BCUT2D eigenvalue weighted by Crippen LogP contribution is -2.54. The number of fused-ring (bicyclic) bond motifs is 2. The first-order chi connectivity index (χ1) is 17.6. The molecule has 7 nitrogen and oxygen atoms in total. The van der Waals surface area contributed by atoms with E-state index in [1.54, 1.807) is 22.6 Å². The van der Waals surface area contributed by atoms with Gasteiger partial charge in [-0.05, 0) is 55.5 Å². The van der Waals surface area contributed by atoms with Crippen LogP contribution in [0.1, 0.15) is 43.7 Å². The van der Waals surface area contributed by atoms with Gasteiger partial charge in [-0.1, -0.05) is 25.4 Å². The highest BCUT2D eigenvalue weighted by atomic mass is 35.5. The first kappa shape index (κ1) is 25.2. The molecule has 5 atom stereocenters. The first-order valence-electron chi connectivity index (χ1n) is 13.1. The van der Waals surface area contributed by atoms with E-state index in [2.05, 4.69) is 49.8 Å². The van der Waals surface area contributed by atoms with Crippen molar-refractivity contribution in [1.29, 1.82) is 0 Å². The van der Waals surface area contributed by atoms with E-state index < -0.39 is 6.23 Å². The number of benzene rings is 1. The highest BCUT2D eigenvalue weighted by Gasteiger charge is 2.71. The normalized spacial score (nSPS) is 29.2. The Kier molecular flexibility index (Phi) is 6.12. The molecule has 2 N–H and O–H groups in total. The minimum absolute atomic E-state index is 0.0245. The lowest BCUT2D eigenvalue weighted by molar-refractivity contribution is -0.140. The number of amides is 1. The van der Waals surface area contributed by atoms with Crippen LogP contribution in [-0.4, -0.2) is 62.2 Å². The molecule has 1 aliphatic carbocycles. The number of aromatic nitrogens is 2. The van der Waals surface area contributed by atoms with E-state index in [0.29, 0.717) is 23.7 Å². The standard InChI is InChI=1S/C28H34ClN5O2S/c1-14-6-17(29)7-19(20(14)12-33-15(2)9-30-10-16(33)3)24-25-21(31-13-32-24)8-18(37-25)11-34-26(35)22-23(27(34)36)28(22,4)5/h6-8,13,15-16,22-23,26,30,35H,9-12H2,1-5H3/t15-,16-,22?,23?,26?/m0/s1. The van der Waals surface area contributed by atoms with Crippen molar-refractivity contribution in [2.24, 2.45) is 17.3 Å². The Hall–Kier alpha value is -2.10. The third-order valence-corrected chi connectivity index (χ3v) is 10.2. The molecule has 0 radical (unpaired) electrons. The van der Waals surface area contributed by atoms with Crippen molar-refractivity contribution in [3.8, 4) is 11.3 Å². The van der Waals surface area contributed by atoms with Crippen molar-refractivity contribution in [3.05, 3.63) is 45.6 Å². The SMILES string of the molecule is Cc1cc(Cl)cc(-c2ncnc3cc(CN4C(=O)C5C(C4O)C5(C)C)sc23)c1CN1[C@@H](C)CNC[C@@H]1C. The number of carbonyl (C=O) groups is 1. The number of piperidine rings is 1. The van der Waals surface area contributed by atoms with Gasteiger partial charge in [0.05, 0.1) is 28.4 Å². The van der Waals surface area contributed by atoms with Gasteiger partial charge >= 0.3 is 0 Å². The van der Waals surface area contributed by atoms with Crippen LogP contribution in [0.3, 0.4) is 0 Å². The molecule has 6 rings (SSSR count). The maximum Gasteiger partial charge on any atom is 0.229 e. The van der Waals surface area contributed by atoms with Crippen LogP contribution in [0.4, 0.5) is 0 Å². The first-order valence-corrected chi connectivity index (χ1v) is 14.2. The third-order valence-electron chi connectivity index (χ3n) is 8.83. The van der Waals surface area contributed by atoms with Crippen molar-refractivity contribution in [3.63, 3.8) is 0 Å². The van der Waals surface area contributed by atoms with E-state index in [9.17, 15) is 9.90 Å². The maximum atomic E-state index is 13.0. The predicted octanol–water partition coefficient (Wildman–Crippen LogP) is 4.44. The van der Waals surface area contributed by atoms with Crippen LogP contribution in [-0.2, 0) is 17.9 Å². The zero-order valence-corrected chi connectivity index (χ0v) is 23.5. The third kappa shape index (κ3) is 4.08. The second-order valence-corrected chi connectivity index (χ2v) is 13.2. The molecule has 9 heteroatoms. The molecular formula is C28H34ClN5O2S. The Balaban J connectivity index is 1.36. The number of aliphatic hydroxyl groups excluding tert-OH is 1. The van der Waals surface area contributed by atoms with Crippen LogP contribution < -0.4 is 5.32 Å². The number of likely N-dealkylation sites (tertiary alicyclic amines) is 1. The lowest BCUT2D eigenvalue weighted by atomic mass is 9.96. The molecule has 196 valence electrons. The van der Waals surface area contributed by atoms with Crippen LogP contribution in [0, 0.1) is 24.2 Å². The van der Waals surface area contributed by atoms with Gasteiger partial charge in [-0.3, -0.25) is 9.69 Å². The van der Waals surface area contributed by atoms with Crippen molar-refractivity contribution >= 4 is 39.1 Å². The monoisotopic (exact) mass is 539 g/mol. The molecule has 37 heavy (non-hydrogen) atoms. The summed E-state index contributed by atoms with van der Waals surface area (Å²) >= 11 is 8.18. The van der Waals surface area contributed by atoms with Gasteiger partial charge in [-0.15, -0.1) is 11.3 Å². The zero-order valence-electron chi connectivity index (χ0n) is 22.0. The molecule has 2 aromatic heterocycles. The molecule has 1 amide bonds. The Bertz CT molecular complexity index is 1380. The molecule has 3 aromatic rings. The maximum absolute atomic E-state index is 13.0. The fourth-order valence-electron chi connectivity index (χ4n) is 6.58. The summed E-state index contributed by atoms with van der Waals surface area (Å²) in [6.07, 6.45) is 0.881. The highest BCUT2D eigenvalue weighted by Crippen LogP contribution is 2.65. The number of aryl methyl sites for hydroxylation is 1. The molecule has 1 aromatic carbocycles. The number of hydrogen-bond donors (Lipinski definition) is 2. The second kappa shape index (κ2) is 8.99. The smallest absolute Gasteiger partial charge is 0.229 e. The summed E-state index contributed by atoms with van der Waals surface area (Å²) in [5, 5.41) is 15.0. The quantitative estimate of drug-likeness (QED) is 0.499. The predicted molar refractivity (Wildman–Crippen MR) is 147 cm³/mol. The van der Waals surface area contributed by atoms with Gasteiger partial charge in [0.15, 0.2) is 0 Å². The van der Waals surface area contributed by atoms with E-state index in [0.717, 1.165) is 51.5 Å². The van der Waals surface area contributed by atoms with Gasteiger partial charge in [0.1, 0.15) is 12.6 Å². The summed E-state index contributed by atoms with van der Waals surface area (Å²) in [7, 11) is 0. The molecule has 0 bridgehead atoms. The summed E-state index contributed by atoms with van der Waals surface area (Å²) in [5.74, 6) is 0.00812. The molecule has 3 unspecified atom stereocenters. The Morgan fingerprint density at radius 3 is 2.57 bits per heavy atom. The van der Waals surface area contributed by atoms with Gasteiger partial charge in [-0.25, -0.2) is 9.97 Å². The van der Waals surface area contributed by atoms with Crippen LogP contribution in [0.25, 0.3) is 21.5 Å². The van der Waals surface area contributed by atoms with Crippen LogP contribution >= 0.6 is 22.9 Å². The largest absolute Gasteiger partial charge is 0.373 e. The van der Waals surface area contributed by atoms with Crippen LogP contribution in [0.2, 0.25) is 5.02 Å². The molecule has 2 aliphatic heterocycles. The molecule has 0 spiro atoms. The number of nitrogens with zero attached hydrogens (tertiary/aromatic N) is 4. The summed E-state index contributed by atoms with van der Waals surface area (Å²) < 4.78 is 0.980. The molecule has 1 saturated carbocycles. The van der Waals surface area contributed by atoms with E-state index in [4.69, 9.17) is 16.6 Å². The zero-order chi connectivity index (χ0) is 26.2. The number of carbonyl (C=O) groups excluding carboxylic acids is 1. The van der Waals surface area contributed by atoms with Crippen LogP contribution in [0.5, 0.6) is 0 Å². The van der Waals surface area contributed by atoms with Gasteiger partial charge in [0.25, 0.3) is 0 Å². The average molecular weight is 540 g/mol. The molecule has 2 saturated heterocycles. The number of piperazine rings is 1. The summed E-state index contributed by atoms with van der Waals surface area (Å²) in [6.45, 7) is 13.9. The van der Waals surface area contributed by atoms with E-state index in [1.165, 1.54) is 5.56 Å². The fraction of sp³-hybridized carbons (Fsp3) is 0.536. The molecular weight excluding hydrogens is 506 g/mol. The summed E-state index contributed by atoms with van der Waals surface area (Å²) in [4.78, 5) is 27.4. The van der Waals surface area contributed by atoms with Gasteiger partial charge in [0.2, 0.25) is 5.91 Å². The van der Waals surface area contributed by atoms with Gasteiger partial charge < -0.3 is 15.3 Å². The van der Waals surface area contributed by atoms with E-state index in [1.807, 2.05) is 18.2 Å². The summed E-state index contributed by atoms with van der Waals surface area (Å²) in [6, 6.07) is 6.92. The van der Waals surface area contributed by atoms with Gasteiger partial charge in [-0.2, -0.15) is 0 Å². The number of nitrogens with one attached hydrogen (secondary N) is 1. The molecule has 4 heterocycles. The number of thiophene rings is 1. The highest BCUT2D eigenvalue weighted by molar-refractivity contribution is 7.19. The van der Waals surface area contributed by atoms with Gasteiger partial charge in [0, 0.05) is 53.1 Å². The number of hydrogen-bond acceptors (Lipinski definition) is 7. The van der Waals surface area contributed by atoms with E-state index >= 15 is 0 Å². The van der Waals surface area contributed by atoms with Crippen molar-refractivity contribution < 1.29 is 9.90 Å². The van der Waals surface area contributed by atoms with Crippen LogP contribution in [0.15, 0.2) is 24.5 Å². The Morgan fingerprint density at radius 2 is 1.89 bits per heavy atom. The molecule has 3 fully saturated rings. The Labute approximate surface area is 226 Å². The second-order valence-electron chi connectivity index (χ2n) is 11.6.